The molecule has 1 aromatic rings. The Morgan fingerprint density at radius 1 is 1.32 bits per heavy atom. The maximum Gasteiger partial charge on any atom is 0.416 e. The summed E-state index contributed by atoms with van der Waals surface area (Å²) in [6.07, 6.45) is -4.14. The summed E-state index contributed by atoms with van der Waals surface area (Å²) in [4.78, 5) is 13.8. The fourth-order valence-corrected chi connectivity index (χ4v) is 2.61. The summed E-state index contributed by atoms with van der Waals surface area (Å²) in [5.41, 5.74) is 4.18. The van der Waals surface area contributed by atoms with Gasteiger partial charge in [0.05, 0.1) is 5.56 Å². The first-order chi connectivity index (χ1) is 10.0. The quantitative estimate of drug-likeness (QED) is 0.809. The van der Waals surface area contributed by atoms with Gasteiger partial charge in [-0.2, -0.15) is 13.2 Å². The normalized spacial score (nSPS) is 21.8. The number of nitrogens with zero attached hydrogens (tertiary/aromatic N) is 1. The molecular weight excluding hydrogens is 300 g/mol. The highest BCUT2D eigenvalue weighted by Crippen LogP contribution is 2.32. The highest BCUT2D eigenvalue weighted by atomic mass is 19.4. The lowest BCUT2D eigenvalue weighted by atomic mass is 9.79. The summed E-state index contributed by atoms with van der Waals surface area (Å²) < 4.78 is 51.6. The summed E-state index contributed by atoms with van der Waals surface area (Å²) in [6, 6.07) is 1.81. The van der Waals surface area contributed by atoms with Gasteiger partial charge in [-0.3, -0.25) is 4.79 Å². The molecule has 0 bridgehead atoms. The monoisotopic (exact) mass is 318 g/mol. The molecule has 0 spiro atoms. The lowest BCUT2D eigenvalue weighted by Gasteiger charge is -2.42. The van der Waals surface area contributed by atoms with Crippen LogP contribution in [0.5, 0.6) is 0 Å². The maximum atomic E-state index is 13.4. The molecule has 1 unspecified atom stereocenters. The van der Waals surface area contributed by atoms with Crippen LogP contribution in [0.1, 0.15) is 36.2 Å². The fourth-order valence-electron chi connectivity index (χ4n) is 2.61. The van der Waals surface area contributed by atoms with Gasteiger partial charge in [0, 0.05) is 24.7 Å². The van der Waals surface area contributed by atoms with Gasteiger partial charge in [0.2, 0.25) is 0 Å². The van der Waals surface area contributed by atoms with Crippen LogP contribution in [-0.2, 0) is 6.18 Å². The standard InChI is InChI=1S/C15H18F4N2O/c1-14(2)8-21(4-3-12(14)20)13(22)9-5-10(15(17,18)19)7-11(16)6-9/h5-7,12H,3-4,8,20H2,1-2H3. The molecule has 1 amide bonds. The third kappa shape index (κ3) is 3.40. The second kappa shape index (κ2) is 5.53. The van der Waals surface area contributed by atoms with Gasteiger partial charge in [-0.25, -0.2) is 4.39 Å². The summed E-state index contributed by atoms with van der Waals surface area (Å²) in [7, 11) is 0. The van der Waals surface area contributed by atoms with Crippen molar-refractivity contribution in [3.63, 3.8) is 0 Å². The van der Waals surface area contributed by atoms with Crippen molar-refractivity contribution in [3.05, 3.63) is 35.1 Å². The number of alkyl halides is 3. The molecule has 122 valence electrons. The number of hydrogen-bond donors (Lipinski definition) is 1. The van der Waals surface area contributed by atoms with Crippen molar-refractivity contribution in [2.24, 2.45) is 11.1 Å². The molecule has 1 aliphatic heterocycles. The van der Waals surface area contributed by atoms with Crippen molar-refractivity contribution in [2.75, 3.05) is 13.1 Å². The first-order valence-corrected chi connectivity index (χ1v) is 6.93. The Bertz CT molecular complexity index is 583. The number of likely N-dealkylation sites (tertiary alicyclic amines) is 1. The molecule has 1 fully saturated rings. The summed E-state index contributed by atoms with van der Waals surface area (Å²) in [6.45, 7) is 4.46. The Labute approximate surface area is 126 Å². The predicted molar refractivity (Wildman–Crippen MR) is 73.7 cm³/mol. The van der Waals surface area contributed by atoms with E-state index in [0.29, 0.717) is 31.6 Å². The van der Waals surface area contributed by atoms with Gasteiger partial charge in [0.1, 0.15) is 5.82 Å². The average molecular weight is 318 g/mol. The molecule has 7 heteroatoms. The van der Waals surface area contributed by atoms with E-state index in [1.54, 1.807) is 0 Å². The minimum atomic E-state index is -4.69. The molecule has 3 nitrogen and oxygen atoms in total. The van der Waals surface area contributed by atoms with Gasteiger partial charge in [0.25, 0.3) is 5.91 Å². The second-order valence-corrected chi connectivity index (χ2v) is 6.34. The zero-order chi connectivity index (χ0) is 16.7. The van der Waals surface area contributed by atoms with Crippen LogP contribution in [-0.4, -0.2) is 29.9 Å². The maximum absolute atomic E-state index is 13.4. The van der Waals surface area contributed by atoms with E-state index in [2.05, 4.69) is 0 Å². The number of amides is 1. The second-order valence-electron chi connectivity index (χ2n) is 6.34. The molecule has 1 aliphatic rings. The van der Waals surface area contributed by atoms with Crippen LogP contribution in [0.2, 0.25) is 0 Å². The number of benzene rings is 1. The van der Waals surface area contributed by atoms with Crippen molar-refractivity contribution in [1.29, 1.82) is 0 Å². The average Bonchev–Trinajstić information content (AvgIpc) is 2.39. The predicted octanol–water partition coefficient (Wildman–Crippen LogP) is 3.04. The van der Waals surface area contributed by atoms with Crippen molar-refractivity contribution < 1.29 is 22.4 Å². The molecule has 1 heterocycles. The summed E-state index contributed by atoms with van der Waals surface area (Å²) in [5.74, 6) is -1.68. The summed E-state index contributed by atoms with van der Waals surface area (Å²) in [5, 5.41) is 0. The molecule has 1 saturated heterocycles. The highest BCUT2D eigenvalue weighted by molar-refractivity contribution is 5.94. The smallest absolute Gasteiger partial charge is 0.338 e. The van der Waals surface area contributed by atoms with Crippen molar-refractivity contribution in [1.82, 2.24) is 4.90 Å². The first-order valence-electron chi connectivity index (χ1n) is 6.93. The number of piperidine rings is 1. The Morgan fingerprint density at radius 2 is 1.95 bits per heavy atom. The van der Waals surface area contributed by atoms with Gasteiger partial charge in [-0.15, -0.1) is 0 Å². The van der Waals surface area contributed by atoms with Crippen LogP contribution in [0.25, 0.3) is 0 Å². The molecule has 22 heavy (non-hydrogen) atoms. The molecule has 0 saturated carbocycles. The van der Waals surface area contributed by atoms with Crippen LogP contribution < -0.4 is 5.73 Å². The lowest BCUT2D eigenvalue weighted by molar-refractivity contribution is -0.137. The topological polar surface area (TPSA) is 46.3 Å². The van der Waals surface area contributed by atoms with E-state index in [4.69, 9.17) is 5.73 Å². The zero-order valence-electron chi connectivity index (χ0n) is 12.4. The van der Waals surface area contributed by atoms with Gasteiger partial charge in [-0.05, 0) is 30.0 Å². The van der Waals surface area contributed by atoms with Gasteiger partial charge in [0.15, 0.2) is 0 Å². The lowest BCUT2D eigenvalue weighted by Crippen LogP contribution is -2.54. The number of nitrogens with two attached hydrogens (primary N) is 1. The van der Waals surface area contributed by atoms with Gasteiger partial charge < -0.3 is 10.6 Å². The van der Waals surface area contributed by atoms with Crippen LogP contribution in [0.3, 0.4) is 0 Å². The molecule has 0 aromatic heterocycles. The van der Waals surface area contributed by atoms with Gasteiger partial charge >= 0.3 is 6.18 Å². The molecule has 2 N–H and O–H groups in total. The van der Waals surface area contributed by atoms with E-state index in [1.165, 1.54) is 4.90 Å². The minimum absolute atomic E-state index is 0.0882. The number of carbonyl (C=O) groups is 1. The van der Waals surface area contributed by atoms with Crippen molar-refractivity contribution in [3.8, 4) is 0 Å². The molecule has 1 aromatic carbocycles. The van der Waals surface area contributed by atoms with Crippen molar-refractivity contribution >= 4 is 5.91 Å². The Balaban J connectivity index is 2.29. The minimum Gasteiger partial charge on any atom is -0.338 e. The third-order valence-corrected chi connectivity index (χ3v) is 4.07. The van der Waals surface area contributed by atoms with Crippen LogP contribution >= 0.6 is 0 Å². The first kappa shape index (κ1) is 16.7. The number of hydrogen-bond acceptors (Lipinski definition) is 2. The largest absolute Gasteiger partial charge is 0.416 e. The SMILES string of the molecule is CC1(C)CN(C(=O)c2cc(F)cc(C(F)(F)F)c2)CCC1N. The van der Waals surface area contributed by atoms with E-state index < -0.39 is 23.5 Å². The molecular formula is C15H18F4N2O. The molecule has 0 radical (unpaired) electrons. The van der Waals surface area contributed by atoms with Crippen LogP contribution in [0.4, 0.5) is 17.6 Å². The number of halogens is 4. The number of carbonyl (C=O) groups excluding carboxylic acids is 1. The Hall–Kier alpha value is -1.63. The Morgan fingerprint density at radius 3 is 2.50 bits per heavy atom. The zero-order valence-corrected chi connectivity index (χ0v) is 12.4. The molecule has 2 rings (SSSR count). The van der Waals surface area contributed by atoms with E-state index in [1.807, 2.05) is 13.8 Å². The Kier molecular flexibility index (Phi) is 4.21. The fraction of sp³-hybridized carbons (Fsp3) is 0.533. The summed E-state index contributed by atoms with van der Waals surface area (Å²) >= 11 is 0. The van der Waals surface area contributed by atoms with E-state index in [9.17, 15) is 22.4 Å². The highest BCUT2D eigenvalue weighted by Gasteiger charge is 2.37. The van der Waals surface area contributed by atoms with Crippen molar-refractivity contribution in [2.45, 2.75) is 32.5 Å². The molecule has 0 aliphatic carbocycles. The molecule has 1 atom stereocenters. The van der Waals surface area contributed by atoms with E-state index in [-0.39, 0.29) is 17.0 Å². The third-order valence-electron chi connectivity index (χ3n) is 4.07. The number of rotatable bonds is 1. The van der Waals surface area contributed by atoms with E-state index in [0.717, 1.165) is 6.07 Å². The van der Waals surface area contributed by atoms with Crippen LogP contribution in [0.15, 0.2) is 18.2 Å². The van der Waals surface area contributed by atoms with E-state index >= 15 is 0 Å². The van der Waals surface area contributed by atoms with Crippen LogP contribution in [0, 0.1) is 11.2 Å². The van der Waals surface area contributed by atoms with Gasteiger partial charge in [-0.1, -0.05) is 13.8 Å².